The van der Waals surface area contributed by atoms with Gasteiger partial charge in [-0.2, -0.15) is 0 Å². The number of aryl methyl sites for hydroxylation is 1. The molecule has 3 rings (SSSR count). The van der Waals surface area contributed by atoms with Gasteiger partial charge in [0.1, 0.15) is 0 Å². The normalized spacial score (nSPS) is 16.2. The Morgan fingerprint density at radius 2 is 1.76 bits per heavy atom. The van der Waals surface area contributed by atoms with Crippen LogP contribution in [0.1, 0.15) is 42.6 Å². The van der Waals surface area contributed by atoms with E-state index in [1.807, 2.05) is 6.92 Å². The lowest BCUT2D eigenvalue weighted by atomic mass is 10.0. The first kappa shape index (κ1) is 14.2. The first-order valence-electron chi connectivity index (χ1n) is 7.87. The average molecular weight is 281 g/mol. The standard InChI is InChI=1S/C19H23NO/c1-2-19(21)16-9-11-18(12-10-16)20-13-5-8-15-6-3-4-7-17(15)14-20/h3-4,6-7,9-12,19,21H,2,5,8,13-14H2,1H3/t19-/m1/s1. The van der Waals surface area contributed by atoms with E-state index in [-0.39, 0.29) is 6.10 Å². The smallest absolute Gasteiger partial charge is 0.0787 e. The lowest BCUT2D eigenvalue weighted by molar-refractivity contribution is 0.173. The number of hydrogen-bond acceptors (Lipinski definition) is 2. The van der Waals surface area contributed by atoms with E-state index in [1.54, 1.807) is 0 Å². The van der Waals surface area contributed by atoms with E-state index in [9.17, 15) is 5.11 Å². The van der Waals surface area contributed by atoms with Gasteiger partial charge in [-0.1, -0.05) is 43.3 Å². The van der Waals surface area contributed by atoms with E-state index in [4.69, 9.17) is 0 Å². The van der Waals surface area contributed by atoms with E-state index in [0.717, 1.165) is 25.1 Å². The minimum absolute atomic E-state index is 0.344. The number of nitrogens with zero attached hydrogens (tertiary/aromatic N) is 1. The maximum atomic E-state index is 9.89. The Kier molecular flexibility index (Phi) is 4.26. The van der Waals surface area contributed by atoms with Gasteiger partial charge < -0.3 is 10.0 Å². The Morgan fingerprint density at radius 1 is 1.05 bits per heavy atom. The number of benzene rings is 2. The summed E-state index contributed by atoms with van der Waals surface area (Å²) in [6, 6.07) is 17.1. The molecule has 21 heavy (non-hydrogen) atoms. The summed E-state index contributed by atoms with van der Waals surface area (Å²) in [5.74, 6) is 0. The molecule has 0 saturated carbocycles. The zero-order valence-electron chi connectivity index (χ0n) is 12.6. The Morgan fingerprint density at radius 3 is 2.48 bits per heavy atom. The highest BCUT2D eigenvalue weighted by Gasteiger charge is 2.14. The minimum Gasteiger partial charge on any atom is -0.388 e. The van der Waals surface area contributed by atoms with Gasteiger partial charge in [-0.05, 0) is 48.1 Å². The molecule has 110 valence electrons. The zero-order chi connectivity index (χ0) is 14.7. The van der Waals surface area contributed by atoms with Crippen LogP contribution < -0.4 is 4.90 Å². The molecular formula is C19H23NO. The molecule has 0 amide bonds. The quantitative estimate of drug-likeness (QED) is 0.916. The van der Waals surface area contributed by atoms with Crippen molar-refractivity contribution in [3.8, 4) is 0 Å². The molecule has 2 aromatic carbocycles. The summed E-state index contributed by atoms with van der Waals surface area (Å²) < 4.78 is 0. The Labute approximate surface area is 127 Å². The highest BCUT2D eigenvalue weighted by Crippen LogP contribution is 2.25. The van der Waals surface area contributed by atoms with Crippen LogP contribution in [-0.4, -0.2) is 11.7 Å². The van der Waals surface area contributed by atoms with Gasteiger partial charge in [0.25, 0.3) is 0 Å². The molecule has 0 radical (unpaired) electrons. The molecule has 1 aliphatic rings. The van der Waals surface area contributed by atoms with Crippen LogP contribution in [0.15, 0.2) is 48.5 Å². The van der Waals surface area contributed by atoms with Crippen molar-refractivity contribution in [1.29, 1.82) is 0 Å². The van der Waals surface area contributed by atoms with Gasteiger partial charge in [0.15, 0.2) is 0 Å². The van der Waals surface area contributed by atoms with E-state index < -0.39 is 0 Å². The number of rotatable bonds is 3. The van der Waals surface area contributed by atoms with Gasteiger partial charge in [-0.15, -0.1) is 0 Å². The van der Waals surface area contributed by atoms with Crippen LogP contribution in [0.2, 0.25) is 0 Å². The number of aliphatic hydroxyl groups is 1. The summed E-state index contributed by atoms with van der Waals surface area (Å²) in [4.78, 5) is 2.44. The topological polar surface area (TPSA) is 23.5 Å². The molecule has 0 aliphatic carbocycles. The third-order valence-corrected chi connectivity index (χ3v) is 4.38. The first-order chi connectivity index (χ1) is 10.3. The van der Waals surface area contributed by atoms with Crippen LogP contribution in [0.5, 0.6) is 0 Å². The van der Waals surface area contributed by atoms with E-state index in [0.29, 0.717) is 0 Å². The Bertz CT molecular complexity index is 591. The van der Waals surface area contributed by atoms with Crippen molar-refractivity contribution in [2.45, 2.75) is 38.8 Å². The van der Waals surface area contributed by atoms with Crippen molar-refractivity contribution in [1.82, 2.24) is 0 Å². The summed E-state index contributed by atoms with van der Waals surface area (Å²) in [7, 11) is 0. The summed E-state index contributed by atoms with van der Waals surface area (Å²) >= 11 is 0. The van der Waals surface area contributed by atoms with Crippen molar-refractivity contribution < 1.29 is 5.11 Å². The van der Waals surface area contributed by atoms with Gasteiger partial charge in [-0.3, -0.25) is 0 Å². The second-order valence-corrected chi connectivity index (χ2v) is 5.81. The van der Waals surface area contributed by atoms with Gasteiger partial charge in [0, 0.05) is 18.8 Å². The fourth-order valence-corrected chi connectivity index (χ4v) is 3.06. The molecule has 0 unspecified atom stereocenters. The molecule has 0 saturated heterocycles. The summed E-state index contributed by atoms with van der Waals surface area (Å²) in [6.45, 7) is 4.07. The van der Waals surface area contributed by atoms with E-state index in [2.05, 4.69) is 53.4 Å². The third-order valence-electron chi connectivity index (χ3n) is 4.38. The maximum absolute atomic E-state index is 9.89. The molecule has 1 atom stereocenters. The Balaban J connectivity index is 1.81. The minimum atomic E-state index is -0.344. The molecule has 0 spiro atoms. The van der Waals surface area contributed by atoms with Crippen molar-refractivity contribution in [3.63, 3.8) is 0 Å². The molecular weight excluding hydrogens is 258 g/mol. The number of anilines is 1. The molecule has 2 heteroatoms. The largest absolute Gasteiger partial charge is 0.388 e. The SMILES string of the molecule is CC[C@@H](O)c1ccc(N2CCCc3ccccc3C2)cc1. The summed E-state index contributed by atoms with van der Waals surface area (Å²) in [6.07, 6.45) is 2.77. The second kappa shape index (κ2) is 6.31. The molecule has 1 N–H and O–H groups in total. The number of fused-ring (bicyclic) bond motifs is 1. The molecule has 2 nitrogen and oxygen atoms in total. The van der Waals surface area contributed by atoms with Gasteiger partial charge in [-0.25, -0.2) is 0 Å². The van der Waals surface area contributed by atoms with Gasteiger partial charge in [0.05, 0.1) is 6.10 Å². The summed E-state index contributed by atoms with van der Waals surface area (Å²) in [5, 5.41) is 9.89. The summed E-state index contributed by atoms with van der Waals surface area (Å²) in [5.41, 5.74) is 5.18. The molecule has 0 bridgehead atoms. The molecule has 0 fully saturated rings. The van der Waals surface area contributed by atoms with Crippen LogP contribution in [-0.2, 0) is 13.0 Å². The first-order valence-corrected chi connectivity index (χ1v) is 7.87. The van der Waals surface area contributed by atoms with Crippen LogP contribution in [0.3, 0.4) is 0 Å². The lowest BCUT2D eigenvalue weighted by Gasteiger charge is -2.24. The zero-order valence-corrected chi connectivity index (χ0v) is 12.6. The fraction of sp³-hybridized carbons (Fsp3) is 0.368. The second-order valence-electron chi connectivity index (χ2n) is 5.81. The monoisotopic (exact) mass is 281 g/mol. The van der Waals surface area contributed by atoms with Gasteiger partial charge >= 0.3 is 0 Å². The molecule has 1 aliphatic heterocycles. The van der Waals surface area contributed by atoms with Crippen LogP contribution in [0, 0.1) is 0 Å². The van der Waals surface area contributed by atoms with Crippen LogP contribution in [0.25, 0.3) is 0 Å². The lowest BCUT2D eigenvalue weighted by Crippen LogP contribution is -2.22. The molecule has 1 heterocycles. The number of aliphatic hydroxyl groups excluding tert-OH is 1. The van der Waals surface area contributed by atoms with E-state index >= 15 is 0 Å². The average Bonchev–Trinajstić information content (AvgIpc) is 2.76. The maximum Gasteiger partial charge on any atom is 0.0787 e. The molecule has 0 aromatic heterocycles. The van der Waals surface area contributed by atoms with Crippen molar-refractivity contribution >= 4 is 5.69 Å². The predicted octanol–water partition coefficient (Wildman–Crippen LogP) is 4.08. The third kappa shape index (κ3) is 3.11. The van der Waals surface area contributed by atoms with Crippen LogP contribution >= 0.6 is 0 Å². The predicted molar refractivity (Wildman–Crippen MR) is 87.5 cm³/mol. The van der Waals surface area contributed by atoms with E-state index in [1.165, 1.54) is 29.7 Å². The fourth-order valence-electron chi connectivity index (χ4n) is 3.06. The van der Waals surface area contributed by atoms with Crippen molar-refractivity contribution in [3.05, 3.63) is 65.2 Å². The van der Waals surface area contributed by atoms with Crippen molar-refractivity contribution in [2.75, 3.05) is 11.4 Å². The van der Waals surface area contributed by atoms with Gasteiger partial charge in [0.2, 0.25) is 0 Å². The number of hydrogen-bond donors (Lipinski definition) is 1. The molecule has 2 aromatic rings. The van der Waals surface area contributed by atoms with Crippen molar-refractivity contribution in [2.24, 2.45) is 0 Å². The highest BCUT2D eigenvalue weighted by molar-refractivity contribution is 5.49. The highest BCUT2D eigenvalue weighted by atomic mass is 16.3. The Hall–Kier alpha value is -1.80. The van der Waals surface area contributed by atoms with Crippen LogP contribution in [0.4, 0.5) is 5.69 Å².